The largest absolute Gasteiger partial charge is 0.325 e. The zero-order valence-corrected chi connectivity index (χ0v) is 13.1. The van der Waals surface area contributed by atoms with Crippen molar-refractivity contribution in [2.24, 2.45) is 5.14 Å². The van der Waals surface area contributed by atoms with Gasteiger partial charge in [-0.15, -0.1) is 23.7 Å². The molecule has 4 N–H and O–H groups in total. The van der Waals surface area contributed by atoms with Crippen molar-refractivity contribution in [2.45, 2.75) is 11.4 Å². The summed E-state index contributed by atoms with van der Waals surface area (Å²) in [6.07, 6.45) is 1.65. The second-order valence-electron chi connectivity index (χ2n) is 3.95. The first-order valence-corrected chi connectivity index (χ1v) is 7.90. The monoisotopic (exact) mass is 348 g/mol. The van der Waals surface area contributed by atoms with Gasteiger partial charge in [-0.1, -0.05) is 0 Å². The molecular formula is C11H13ClN4O3S2. The summed E-state index contributed by atoms with van der Waals surface area (Å²) < 4.78 is 23.7. The van der Waals surface area contributed by atoms with Crippen molar-refractivity contribution in [3.63, 3.8) is 0 Å². The molecule has 114 valence electrons. The van der Waals surface area contributed by atoms with E-state index in [1.54, 1.807) is 11.6 Å². The summed E-state index contributed by atoms with van der Waals surface area (Å²) >= 11 is 1.23. The van der Waals surface area contributed by atoms with Gasteiger partial charge in [0.1, 0.15) is 6.54 Å². The van der Waals surface area contributed by atoms with Gasteiger partial charge in [0.2, 0.25) is 15.9 Å². The van der Waals surface area contributed by atoms with Crippen molar-refractivity contribution in [3.8, 4) is 0 Å². The number of primary sulfonamides is 1. The maximum absolute atomic E-state index is 11.8. The molecule has 1 aromatic carbocycles. The third kappa shape index (κ3) is 4.67. The van der Waals surface area contributed by atoms with E-state index in [1.165, 1.54) is 40.2 Å². The number of carbonyl (C=O) groups excluding carboxylic acids is 1. The Morgan fingerprint density at radius 1 is 1.33 bits per heavy atom. The van der Waals surface area contributed by atoms with Crippen molar-refractivity contribution in [1.29, 1.82) is 5.41 Å². The van der Waals surface area contributed by atoms with E-state index in [4.69, 9.17) is 10.5 Å². The van der Waals surface area contributed by atoms with Crippen LogP contribution in [0.25, 0.3) is 0 Å². The standard InChI is InChI=1S/C11H12N4O3S2.ClH/c12-11-15(5-6-19-11)7-10(16)14-8-1-3-9(4-2-8)20(13,17)18;/h1-6,12H,7H2,(H,14,16)(H2,13,17,18);1H. The van der Waals surface area contributed by atoms with Crippen molar-refractivity contribution < 1.29 is 13.2 Å². The molecule has 0 fully saturated rings. The van der Waals surface area contributed by atoms with Crippen LogP contribution in [0.5, 0.6) is 0 Å². The number of aromatic nitrogens is 1. The van der Waals surface area contributed by atoms with E-state index in [-0.39, 0.29) is 34.6 Å². The number of halogens is 1. The highest BCUT2D eigenvalue weighted by Crippen LogP contribution is 2.12. The molecule has 1 heterocycles. The molecule has 0 aliphatic rings. The molecule has 10 heteroatoms. The number of nitrogens with zero attached hydrogens (tertiary/aromatic N) is 1. The molecule has 1 amide bonds. The first-order valence-electron chi connectivity index (χ1n) is 5.47. The van der Waals surface area contributed by atoms with Crippen molar-refractivity contribution in [3.05, 3.63) is 40.6 Å². The van der Waals surface area contributed by atoms with E-state index < -0.39 is 10.0 Å². The van der Waals surface area contributed by atoms with Gasteiger partial charge in [-0.05, 0) is 24.3 Å². The lowest BCUT2D eigenvalue weighted by Gasteiger charge is -2.06. The van der Waals surface area contributed by atoms with E-state index in [1.807, 2.05) is 0 Å². The van der Waals surface area contributed by atoms with E-state index in [0.717, 1.165) is 0 Å². The van der Waals surface area contributed by atoms with Gasteiger partial charge in [-0.3, -0.25) is 10.2 Å². The number of nitrogens with two attached hydrogens (primary N) is 1. The van der Waals surface area contributed by atoms with Gasteiger partial charge in [0, 0.05) is 17.3 Å². The lowest BCUT2D eigenvalue weighted by Crippen LogP contribution is -2.23. The second kappa shape index (κ2) is 6.85. The molecule has 0 radical (unpaired) electrons. The Labute approximate surface area is 131 Å². The molecule has 0 bridgehead atoms. The molecule has 0 saturated carbocycles. The van der Waals surface area contributed by atoms with Crippen LogP contribution in [0.15, 0.2) is 40.7 Å². The zero-order valence-electron chi connectivity index (χ0n) is 10.6. The summed E-state index contributed by atoms with van der Waals surface area (Å²) in [7, 11) is -3.73. The summed E-state index contributed by atoms with van der Waals surface area (Å²) in [5.74, 6) is -0.301. The number of thiazole rings is 1. The van der Waals surface area contributed by atoms with E-state index >= 15 is 0 Å². The topological polar surface area (TPSA) is 118 Å². The van der Waals surface area contributed by atoms with E-state index in [0.29, 0.717) is 5.69 Å². The Kier molecular flexibility index (Phi) is 5.67. The number of rotatable bonds is 4. The van der Waals surface area contributed by atoms with Crippen LogP contribution in [0.1, 0.15) is 0 Å². The molecule has 0 aliphatic carbocycles. The molecule has 0 unspecified atom stereocenters. The molecule has 0 saturated heterocycles. The van der Waals surface area contributed by atoms with Crippen molar-refractivity contribution >= 4 is 45.4 Å². The minimum absolute atomic E-state index is 0. The average Bonchev–Trinajstić information content (AvgIpc) is 2.74. The van der Waals surface area contributed by atoms with Crippen LogP contribution in [0, 0.1) is 5.41 Å². The molecule has 1 aromatic heterocycles. The highest BCUT2D eigenvalue weighted by atomic mass is 35.5. The van der Waals surface area contributed by atoms with Gasteiger partial charge in [-0.2, -0.15) is 0 Å². The van der Waals surface area contributed by atoms with Gasteiger partial charge in [0.05, 0.1) is 4.90 Å². The van der Waals surface area contributed by atoms with Crippen molar-refractivity contribution in [1.82, 2.24) is 4.57 Å². The average molecular weight is 349 g/mol. The predicted octanol–water partition coefficient (Wildman–Crippen LogP) is 0.737. The molecule has 0 spiro atoms. The summed E-state index contributed by atoms with van der Waals surface area (Å²) in [4.78, 5) is 12.0. The zero-order chi connectivity index (χ0) is 14.8. The van der Waals surface area contributed by atoms with Crippen LogP contribution in [0.4, 0.5) is 5.69 Å². The van der Waals surface area contributed by atoms with Crippen LogP contribution in [-0.2, 0) is 21.4 Å². The Balaban J connectivity index is 0.00000220. The smallest absolute Gasteiger partial charge is 0.244 e. The molecule has 21 heavy (non-hydrogen) atoms. The van der Waals surface area contributed by atoms with Crippen LogP contribution < -0.4 is 15.3 Å². The number of amides is 1. The van der Waals surface area contributed by atoms with E-state index in [2.05, 4.69) is 5.32 Å². The number of sulfonamides is 1. The lowest BCUT2D eigenvalue weighted by atomic mass is 10.3. The summed E-state index contributed by atoms with van der Waals surface area (Å²) in [5, 5.41) is 16.8. The molecule has 0 atom stereocenters. The highest BCUT2D eigenvalue weighted by Gasteiger charge is 2.08. The fraction of sp³-hybridized carbons (Fsp3) is 0.0909. The number of nitrogens with one attached hydrogen (secondary N) is 2. The SMILES string of the molecule is Cl.N=c1sccn1CC(=O)Nc1ccc(S(N)(=O)=O)cc1. The van der Waals surface area contributed by atoms with Crippen LogP contribution >= 0.6 is 23.7 Å². The maximum Gasteiger partial charge on any atom is 0.244 e. The van der Waals surface area contributed by atoms with Gasteiger partial charge in [-0.25, -0.2) is 13.6 Å². The minimum Gasteiger partial charge on any atom is -0.325 e. The second-order valence-corrected chi connectivity index (χ2v) is 6.41. The highest BCUT2D eigenvalue weighted by molar-refractivity contribution is 7.89. The van der Waals surface area contributed by atoms with E-state index in [9.17, 15) is 13.2 Å². The first kappa shape index (κ1) is 17.4. The lowest BCUT2D eigenvalue weighted by molar-refractivity contribution is -0.116. The Hall–Kier alpha value is -1.68. The van der Waals surface area contributed by atoms with Gasteiger partial charge < -0.3 is 9.88 Å². The van der Waals surface area contributed by atoms with Gasteiger partial charge in [0.25, 0.3) is 0 Å². The molecule has 7 nitrogen and oxygen atoms in total. The third-order valence-corrected chi connectivity index (χ3v) is 4.11. The molecule has 2 aromatic rings. The number of carbonyl (C=O) groups is 1. The third-order valence-electron chi connectivity index (χ3n) is 2.46. The summed E-state index contributed by atoms with van der Waals surface area (Å²) in [5.41, 5.74) is 0.463. The molecule has 0 aliphatic heterocycles. The normalized spacial score (nSPS) is 10.7. The number of anilines is 1. The maximum atomic E-state index is 11.8. The van der Waals surface area contributed by atoms with Gasteiger partial charge >= 0.3 is 0 Å². The Morgan fingerprint density at radius 2 is 1.95 bits per heavy atom. The minimum atomic E-state index is -3.73. The number of hydrogen-bond acceptors (Lipinski definition) is 5. The molecular weight excluding hydrogens is 336 g/mol. The quantitative estimate of drug-likeness (QED) is 0.756. The number of benzene rings is 1. The van der Waals surface area contributed by atoms with Crippen LogP contribution in [0.2, 0.25) is 0 Å². The number of hydrogen-bond donors (Lipinski definition) is 3. The fourth-order valence-electron chi connectivity index (χ4n) is 1.51. The summed E-state index contributed by atoms with van der Waals surface area (Å²) in [6, 6.07) is 5.55. The van der Waals surface area contributed by atoms with Gasteiger partial charge in [0.15, 0.2) is 4.80 Å². The molecule has 2 rings (SSSR count). The van der Waals surface area contributed by atoms with Crippen molar-refractivity contribution in [2.75, 3.05) is 5.32 Å². The van der Waals surface area contributed by atoms with Crippen LogP contribution in [0.3, 0.4) is 0 Å². The van der Waals surface area contributed by atoms with Crippen LogP contribution in [-0.4, -0.2) is 18.9 Å². The fourth-order valence-corrected chi connectivity index (χ4v) is 2.62. The summed E-state index contributed by atoms with van der Waals surface area (Å²) in [6.45, 7) is 0.0271. The Morgan fingerprint density at radius 3 is 2.43 bits per heavy atom. The predicted molar refractivity (Wildman–Crippen MR) is 81.9 cm³/mol. The Bertz CT molecular complexity index is 780. The first-order chi connectivity index (χ1) is 9.36.